The number of hydrogen-bond acceptors (Lipinski definition) is 4. The summed E-state index contributed by atoms with van der Waals surface area (Å²) in [6.07, 6.45) is 2.04. The van der Waals surface area contributed by atoms with E-state index in [0.29, 0.717) is 5.82 Å². The van der Waals surface area contributed by atoms with Gasteiger partial charge in [-0.25, -0.2) is 4.68 Å². The fourth-order valence-corrected chi connectivity index (χ4v) is 3.53. The van der Waals surface area contributed by atoms with Gasteiger partial charge in [-0.1, -0.05) is 24.3 Å². The molecule has 1 saturated heterocycles. The molecule has 3 rings (SSSR count). The van der Waals surface area contributed by atoms with Crippen molar-refractivity contribution in [2.75, 3.05) is 26.4 Å². The summed E-state index contributed by atoms with van der Waals surface area (Å²) in [6.45, 7) is 3.80. The minimum atomic E-state index is 0.0784. The van der Waals surface area contributed by atoms with Crippen LogP contribution in [0, 0.1) is 6.92 Å². The molecule has 2 aromatic rings. The Morgan fingerprint density at radius 1 is 1.32 bits per heavy atom. The number of nitrogen functional groups attached to an aromatic ring is 1. The normalized spacial score (nSPS) is 17.4. The second kappa shape index (κ2) is 7.27. The largest absolute Gasteiger partial charge is 0.384 e. The summed E-state index contributed by atoms with van der Waals surface area (Å²) in [5.74, 6) is 0.615. The van der Waals surface area contributed by atoms with E-state index in [1.54, 1.807) is 10.7 Å². The van der Waals surface area contributed by atoms with E-state index in [9.17, 15) is 4.79 Å². The predicted molar refractivity (Wildman–Crippen MR) is 98.9 cm³/mol. The average Bonchev–Trinajstić information content (AvgIpc) is 3.14. The maximum atomic E-state index is 12.8. The first kappa shape index (κ1) is 17.5. The summed E-state index contributed by atoms with van der Waals surface area (Å²) >= 11 is 0. The van der Waals surface area contributed by atoms with Crippen LogP contribution in [0.2, 0.25) is 0 Å². The number of rotatable bonds is 5. The summed E-state index contributed by atoms with van der Waals surface area (Å²) in [5.41, 5.74) is 9.24. The highest BCUT2D eigenvalue weighted by Crippen LogP contribution is 2.32. The number of carbonyl (C=O) groups excluding carboxylic acids is 1. The third-order valence-electron chi connectivity index (χ3n) is 4.65. The zero-order valence-electron chi connectivity index (χ0n) is 15.3. The van der Waals surface area contributed by atoms with Gasteiger partial charge in [-0.15, -0.1) is 0 Å². The Morgan fingerprint density at radius 3 is 2.64 bits per heavy atom. The summed E-state index contributed by atoms with van der Waals surface area (Å²) in [6, 6.07) is 10.6. The standard InChI is InChI=1S/C19H27N5O/c1-14-11-18(20)24(21-14)13-19(25)23-10-4-5-17(23)16-8-6-15(7-9-16)12-22(2)3/h6-9,11,17H,4-5,10,12-13,20H2,1-3H3/t17-/m1/s1. The second-order valence-corrected chi connectivity index (χ2v) is 7.09. The summed E-state index contributed by atoms with van der Waals surface area (Å²) in [5, 5.41) is 4.30. The lowest BCUT2D eigenvalue weighted by atomic mass is 10.0. The molecule has 0 aliphatic carbocycles. The molecule has 0 unspecified atom stereocenters. The lowest BCUT2D eigenvalue weighted by Gasteiger charge is -2.25. The number of likely N-dealkylation sites (tertiary alicyclic amines) is 1. The molecule has 1 amide bonds. The maximum absolute atomic E-state index is 12.8. The van der Waals surface area contributed by atoms with Gasteiger partial charge in [0.15, 0.2) is 0 Å². The van der Waals surface area contributed by atoms with E-state index in [-0.39, 0.29) is 18.5 Å². The van der Waals surface area contributed by atoms with Crippen LogP contribution in [0.15, 0.2) is 30.3 Å². The molecule has 2 N–H and O–H groups in total. The molecule has 1 aliphatic rings. The third-order valence-corrected chi connectivity index (χ3v) is 4.65. The molecule has 25 heavy (non-hydrogen) atoms. The highest BCUT2D eigenvalue weighted by molar-refractivity contribution is 5.77. The van der Waals surface area contributed by atoms with Crippen LogP contribution in [-0.2, 0) is 17.9 Å². The molecule has 0 saturated carbocycles. The zero-order chi connectivity index (χ0) is 18.0. The molecule has 134 valence electrons. The minimum absolute atomic E-state index is 0.0784. The summed E-state index contributed by atoms with van der Waals surface area (Å²) in [4.78, 5) is 16.9. The molecule has 1 aliphatic heterocycles. The average molecular weight is 341 g/mol. The van der Waals surface area contributed by atoms with Gasteiger partial charge >= 0.3 is 0 Å². The van der Waals surface area contributed by atoms with Gasteiger partial charge in [0.2, 0.25) is 5.91 Å². The van der Waals surface area contributed by atoms with Crippen molar-refractivity contribution < 1.29 is 4.79 Å². The van der Waals surface area contributed by atoms with E-state index in [1.165, 1.54) is 11.1 Å². The van der Waals surface area contributed by atoms with E-state index < -0.39 is 0 Å². The van der Waals surface area contributed by atoms with Gasteiger partial charge in [-0.2, -0.15) is 5.10 Å². The molecular formula is C19H27N5O. The first-order chi connectivity index (χ1) is 11.9. The smallest absolute Gasteiger partial charge is 0.244 e. The van der Waals surface area contributed by atoms with E-state index in [1.807, 2.05) is 11.8 Å². The molecular weight excluding hydrogens is 314 g/mol. The molecule has 1 atom stereocenters. The molecule has 2 heterocycles. The van der Waals surface area contributed by atoms with Crippen molar-refractivity contribution in [3.8, 4) is 0 Å². The van der Waals surface area contributed by atoms with Crippen molar-refractivity contribution in [2.45, 2.75) is 38.9 Å². The van der Waals surface area contributed by atoms with Gasteiger partial charge in [-0.05, 0) is 45.0 Å². The molecule has 1 aromatic carbocycles. The van der Waals surface area contributed by atoms with Crippen LogP contribution >= 0.6 is 0 Å². The second-order valence-electron chi connectivity index (χ2n) is 7.09. The van der Waals surface area contributed by atoms with Crippen LogP contribution in [0.4, 0.5) is 5.82 Å². The number of aryl methyl sites for hydroxylation is 1. The highest BCUT2D eigenvalue weighted by Gasteiger charge is 2.30. The topological polar surface area (TPSA) is 67.4 Å². The molecule has 0 spiro atoms. The Bertz CT molecular complexity index is 735. The number of amides is 1. The van der Waals surface area contributed by atoms with Crippen LogP contribution < -0.4 is 5.73 Å². The molecule has 0 radical (unpaired) electrons. The fourth-order valence-electron chi connectivity index (χ4n) is 3.53. The Morgan fingerprint density at radius 2 is 2.04 bits per heavy atom. The molecule has 6 nitrogen and oxygen atoms in total. The van der Waals surface area contributed by atoms with Gasteiger partial charge in [0.1, 0.15) is 12.4 Å². The van der Waals surface area contributed by atoms with Crippen LogP contribution in [0.25, 0.3) is 0 Å². The van der Waals surface area contributed by atoms with Crippen LogP contribution in [0.3, 0.4) is 0 Å². The first-order valence-electron chi connectivity index (χ1n) is 8.77. The van der Waals surface area contributed by atoms with Crippen molar-refractivity contribution in [1.29, 1.82) is 0 Å². The third kappa shape index (κ3) is 4.02. The number of hydrogen-bond donors (Lipinski definition) is 1. The van der Waals surface area contributed by atoms with Gasteiger partial charge in [0.05, 0.1) is 11.7 Å². The molecule has 6 heteroatoms. The van der Waals surface area contributed by atoms with Gasteiger partial charge < -0.3 is 15.5 Å². The molecule has 0 bridgehead atoms. The SMILES string of the molecule is Cc1cc(N)n(CC(=O)N2CCC[C@@H]2c2ccc(CN(C)C)cc2)n1. The fraction of sp³-hybridized carbons (Fsp3) is 0.474. The summed E-state index contributed by atoms with van der Waals surface area (Å²) < 4.78 is 1.59. The van der Waals surface area contributed by atoms with Crippen molar-refractivity contribution >= 4 is 11.7 Å². The Hall–Kier alpha value is -2.34. The van der Waals surface area contributed by atoms with E-state index in [4.69, 9.17) is 5.73 Å². The Labute approximate surface area is 149 Å². The number of benzene rings is 1. The molecule has 1 fully saturated rings. The number of anilines is 1. The number of aromatic nitrogens is 2. The minimum Gasteiger partial charge on any atom is -0.384 e. The number of carbonyl (C=O) groups is 1. The Kier molecular flexibility index (Phi) is 5.08. The summed E-state index contributed by atoms with van der Waals surface area (Å²) in [7, 11) is 4.13. The van der Waals surface area contributed by atoms with Gasteiger partial charge in [-0.3, -0.25) is 4.79 Å². The zero-order valence-corrected chi connectivity index (χ0v) is 15.3. The number of nitrogens with zero attached hydrogens (tertiary/aromatic N) is 4. The van der Waals surface area contributed by atoms with Crippen molar-refractivity contribution in [3.05, 3.63) is 47.2 Å². The predicted octanol–water partition coefficient (Wildman–Crippen LogP) is 2.20. The molecule has 1 aromatic heterocycles. The van der Waals surface area contributed by atoms with Crippen LogP contribution in [0.5, 0.6) is 0 Å². The van der Waals surface area contributed by atoms with E-state index in [0.717, 1.165) is 31.6 Å². The Balaban J connectivity index is 1.71. The quantitative estimate of drug-likeness (QED) is 0.905. The van der Waals surface area contributed by atoms with Crippen molar-refractivity contribution in [1.82, 2.24) is 19.6 Å². The van der Waals surface area contributed by atoms with Crippen molar-refractivity contribution in [2.24, 2.45) is 0 Å². The van der Waals surface area contributed by atoms with Gasteiger partial charge in [0, 0.05) is 19.2 Å². The monoisotopic (exact) mass is 341 g/mol. The number of nitrogens with two attached hydrogens (primary N) is 1. The lowest BCUT2D eigenvalue weighted by Crippen LogP contribution is -2.34. The highest BCUT2D eigenvalue weighted by atomic mass is 16.2. The van der Waals surface area contributed by atoms with Crippen LogP contribution in [-0.4, -0.2) is 46.1 Å². The van der Waals surface area contributed by atoms with Gasteiger partial charge in [0.25, 0.3) is 0 Å². The lowest BCUT2D eigenvalue weighted by molar-refractivity contribution is -0.132. The van der Waals surface area contributed by atoms with E-state index in [2.05, 4.69) is 48.4 Å². The van der Waals surface area contributed by atoms with E-state index >= 15 is 0 Å². The first-order valence-corrected chi connectivity index (χ1v) is 8.77. The maximum Gasteiger partial charge on any atom is 0.244 e. The van der Waals surface area contributed by atoms with Crippen molar-refractivity contribution in [3.63, 3.8) is 0 Å². The van der Waals surface area contributed by atoms with Crippen LogP contribution in [0.1, 0.15) is 35.7 Å².